The molecule has 0 fully saturated rings. The van der Waals surface area contributed by atoms with E-state index in [0.29, 0.717) is 4.60 Å². The largest absolute Gasteiger partial charge is 0.418 e. The summed E-state index contributed by atoms with van der Waals surface area (Å²) in [7, 11) is 0. The number of hydrogen-bond donors (Lipinski definition) is 1. The molecule has 8 heteroatoms. The second-order valence-corrected chi connectivity index (χ2v) is 5.72. The normalized spacial score (nSPS) is 11.3. The van der Waals surface area contributed by atoms with Gasteiger partial charge in [-0.15, -0.1) is 0 Å². The van der Waals surface area contributed by atoms with E-state index in [1.54, 1.807) is 12.1 Å². The number of benzene rings is 1. The van der Waals surface area contributed by atoms with Gasteiger partial charge >= 0.3 is 6.18 Å². The van der Waals surface area contributed by atoms with Crippen LogP contribution in [0.3, 0.4) is 0 Å². The number of hydrogen-bond acceptors (Lipinski definition) is 2. The second kappa shape index (κ2) is 6.15. The molecule has 1 heterocycles. The summed E-state index contributed by atoms with van der Waals surface area (Å²) in [5.74, 6) is -0.718. The van der Waals surface area contributed by atoms with E-state index >= 15 is 0 Å². The third-order valence-electron chi connectivity index (χ3n) is 2.48. The fraction of sp³-hybridized carbons (Fsp3) is 0.0769. The van der Waals surface area contributed by atoms with Crippen LogP contribution in [-0.2, 0) is 6.18 Å². The first-order valence-electron chi connectivity index (χ1n) is 5.58. The van der Waals surface area contributed by atoms with E-state index in [9.17, 15) is 18.0 Å². The fourth-order valence-electron chi connectivity index (χ4n) is 1.58. The Hall–Kier alpha value is -1.41. The van der Waals surface area contributed by atoms with Crippen LogP contribution in [0.5, 0.6) is 0 Å². The number of pyridine rings is 1. The molecular formula is C13H7Br2F3N2O. The number of rotatable bonds is 2. The number of amides is 1. The Morgan fingerprint density at radius 3 is 2.48 bits per heavy atom. The van der Waals surface area contributed by atoms with Gasteiger partial charge in [0.15, 0.2) is 0 Å². The number of carbonyl (C=O) groups is 1. The van der Waals surface area contributed by atoms with Crippen LogP contribution >= 0.6 is 31.9 Å². The van der Waals surface area contributed by atoms with Crippen molar-refractivity contribution in [2.75, 3.05) is 5.32 Å². The highest BCUT2D eigenvalue weighted by atomic mass is 79.9. The van der Waals surface area contributed by atoms with Gasteiger partial charge in [-0.2, -0.15) is 13.2 Å². The highest BCUT2D eigenvalue weighted by Gasteiger charge is 2.34. The molecule has 21 heavy (non-hydrogen) atoms. The van der Waals surface area contributed by atoms with Crippen molar-refractivity contribution in [3.63, 3.8) is 0 Å². The zero-order valence-corrected chi connectivity index (χ0v) is 13.4. The van der Waals surface area contributed by atoms with Gasteiger partial charge in [0.2, 0.25) is 0 Å². The first-order valence-corrected chi connectivity index (χ1v) is 7.16. The minimum absolute atomic E-state index is 0.0143. The van der Waals surface area contributed by atoms with Gasteiger partial charge in [-0.3, -0.25) is 4.79 Å². The van der Waals surface area contributed by atoms with Gasteiger partial charge in [0.05, 0.1) is 11.3 Å². The van der Waals surface area contributed by atoms with E-state index in [2.05, 4.69) is 42.2 Å². The van der Waals surface area contributed by atoms with Crippen molar-refractivity contribution in [1.82, 2.24) is 4.98 Å². The lowest BCUT2D eigenvalue weighted by molar-refractivity contribution is -0.136. The molecule has 0 bridgehead atoms. The first kappa shape index (κ1) is 16.0. The molecule has 0 saturated carbocycles. The lowest BCUT2D eigenvalue weighted by Crippen LogP contribution is -2.17. The molecular weight excluding hydrogens is 417 g/mol. The zero-order valence-electron chi connectivity index (χ0n) is 10.2. The molecule has 1 N–H and O–H groups in total. The molecule has 0 aliphatic heterocycles. The van der Waals surface area contributed by atoms with Gasteiger partial charge in [0.25, 0.3) is 5.91 Å². The molecule has 2 aromatic rings. The van der Waals surface area contributed by atoms with Gasteiger partial charge in [-0.25, -0.2) is 4.98 Å². The predicted octanol–water partition coefficient (Wildman–Crippen LogP) is 4.88. The lowest BCUT2D eigenvalue weighted by Gasteiger charge is -2.14. The van der Waals surface area contributed by atoms with Crippen LogP contribution in [0.1, 0.15) is 16.1 Å². The molecule has 0 radical (unpaired) electrons. The molecule has 0 atom stereocenters. The molecule has 0 saturated heterocycles. The lowest BCUT2D eigenvalue weighted by atomic mass is 10.1. The van der Waals surface area contributed by atoms with Gasteiger partial charge in [0.1, 0.15) is 10.3 Å². The van der Waals surface area contributed by atoms with E-state index < -0.39 is 17.6 Å². The SMILES string of the molecule is O=C(Nc1ccc(Br)cc1C(F)(F)F)c1cccc(Br)n1. The third kappa shape index (κ3) is 4.04. The Morgan fingerprint density at radius 2 is 1.86 bits per heavy atom. The smallest absolute Gasteiger partial charge is 0.320 e. The monoisotopic (exact) mass is 422 g/mol. The summed E-state index contributed by atoms with van der Waals surface area (Å²) in [5.41, 5.74) is -1.24. The molecule has 1 aromatic heterocycles. The van der Waals surface area contributed by atoms with Gasteiger partial charge in [0, 0.05) is 4.47 Å². The molecule has 1 amide bonds. The van der Waals surface area contributed by atoms with Crippen molar-refractivity contribution in [3.8, 4) is 0 Å². The van der Waals surface area contributed by atoms with Crippen LogP contribution in [-0.4, -0.2) is 10.9 Å². The number of carbonyl (C=O) groups excluding carboxylic acids is 1. The standard InChI is InChI=1S/C13H7Br2F3N2O/c14-7-4-5-9(8(6-7)13(16,17)18)20-12(21)10-2-1-3-11(15)19-10/h1-6H,(H,20,21). The van der Waals surface area contributed by atoms with Crippen LogP contribution in [0, 0.1) is 0 Å². The molecule has 2 rings (SSSR count). The molecule has 0 spiro atoms. The van der Waals surface area contributed by atoms with Crippen molar-refractivity contribution in [2.45, 2.75) is 6.18 Å². The number of halogens is 5. The van der Waals surface area contributed by atoms with Crippen molar-refractivity contribution < 1.29 is 18.0 Å². The van der Waals surface area contributed by atoms with Crippen molar-refractivity contribution >= 4 is 43.5 Å². The third-order valence-corrected chi connectivity index (χ3v) is 3.42. The molecule has 1 aromatic carbocycles. The summed E-state index contributed by atoms with van der Waals surface area (Å²) in [4.78, 5) is 15.8. The van der Waals surface area contributed by atoms with Crippen molar-refractivity contribution in [2.24, 2.45) is 0 Å². The van der Waals surface area contributed by atoms with Gasteiger partial charge in [-0.05, 0) is 46.3 Å². The summed E-state index contributed by atoms with van der Waals surface area (Å²) in [6.07, 6.45) is -4.57. The van der Waals surface area contributed by atoms with Crippen LogP contribution in [0.15, 0.2) is 45.5 Å². The Balaban J connectivity index is 2.34. The average Bonchev–Trinajstić information content (AvgIpc) is 2.39. The van der Waals surface area contributed by atoms with Crippen LogP contribution in [0.25, 0.3) is 0 Å². The minimum Gasteiger partial charge on any atom is -0.320 e. The minimum atomic E-state index is -4.57. The summed E-state index contributed by atoms with van der Waals surface area (Å²) in [6, 6.07) is 8.09. The van der Waals surface area contributed by atoms with Crippen molar-refractivity contribution in [3.05, 3.63) is 56.7 Å². The number of nitrogens with zero attached hydrogens (tertiary/aromatic N) is 1. The predicted molar refractivity (Wildman–Crippen MR) is 79.0 cm³/mol. The summed E-state index contributed by atoms with van der Waals surface area (Å²) in [5, 5.41) is 2.22. The molecule has 110 valence electrons. The maximum atomic E-state index is 13.0. The second-order valence-electron chi connectivity index (χ2n) is 3.99. The van der Waals surface area contributed by atoms with Gasteiger partial charge in [-0.1, -0.05) is 22.0 Å². The zero-order chi connectivity index (χ0) is 15.6. The number of nitrogens with one attached hydrogen (secondary N) is 1. The molecule has 3 nitrogen and oxygen atoms in total. The topological polar surface area (TPSA) is 42.0 Å². The van der Waals surface area contributed by atoms with Crippen LogP contribution < -0.4 is 5.32 Å². The summed E-state index contributed by atoms with van der Waals surface area (Å²) < 4.78 is 39.5. The van der Waals surface area contributed by atoms with E-state index in [1.807, 2.05) is 0 Å². The summed E-state index contributed by atoms with van der Waals surface area (Å²) >= 11 is 6.07. The maximum absolute atomic E-state index is 13.0. The Labute approximate surface area is 134 Å². The van der Waals surface area contributed by atoms with E-state index in [4.69, 9.17) is 0 Å². The molecule has 0 aliphatic rings. The van der Waals surface area contributed by atoms with Gasteiger partial charge < -0.3 is 5.32 Å². The van der Waals surface area contributed by atoms with Crippen molar-refractivity contribution in [1.29, 1.82) is 0 Å². The Morgan fingerprint density at radius 1 is 1.14 bits per heavy atom. The summed E-state index contributed by atoms with van der Waals surface area (Å²) in [6.45, 7) is 0. The van der Waals surface area contributed by atoms with Crippen LogP contribution in [0.2, 0.25) is 0 Å². The molecule has 0 aliphatic carbocycles. The number of aromatic nitrogens is 1. The highest BCUT2D eigenvalue weighted by molar-refractivity contribution is 9.10. The van der Waals surface area contributed by atoms with E-state index in [-0.39, 0.29) is 15.9 Å². The number of alkyl halides is 3. The molecule has 0 unspecified atom stereocenters. The fourth-order valence-corrected chi connectivity index (χ4v) is 2.29. The highest BCUT2D eigenvalue weighted by Crippen LogP contribution is 2.36. The maximum Gasteiger partial charge on any atom is 0.418 e. The van der Waals surface area contributed by atoms with E-state index in [0.717, 1.165) is 6.07 Å². The van der Waals surface area contributed by atoms with E-state index in [1.165, 1.54) is 18.2 Å². The average molecular weight is 424 g/mol. The quantitative estimate of drug-likeness (QED) is 0.699. The van der Waals surface area contributed by atoms with Crippen LogP contribution in [0.4, 0.5) is 18.9 Å². The first-order chi connectivity index (χ1) is 9.77. The number of anilines is 1. The Kier molecular flexibility index (Phi) is 4.67. The Bertz CT molecular complexity index is 689.